The number of nitrogens with one attached hydrogen (secondary N) is 1. The average molecular weight is 663 g/mol. The van der Waals surface area contributed by atoms with Crippen LogP contribution in [0.15, 0.2) is 30.3 Å². The Hall–Kier alpha value is -4.21. The van der Waals surface area contributed by atoms with E-state index in [1.54, 1.807) is 13.8 Å². The number of likely N-dealkylation sites (N-methyl/N-ethyl adjacent to an activating group) is 1. The summed E-state index contributed by atoms with van der Waals surface area (Å²) in [5.41, 5.74) is -3.15. The van der Waals surface area contributed by atoms with Gasteiger partial charge in [0.1, 0.15) is 5.75 Å². The van der Waals surface area contributed by atoms with Crippen molar-refractivity contribution in [2.24, 2.45) is 0 Å². The largest absolute Gasteiger partial charge is 0.496 e. The fourth-order valence-corrected chi connectivity index (χ4v) is 5.18. The van der Waals surface area contributed by atoms with E-state index in [0.29, 0.717) is 18.7 Å². The Morgan fingerprint density at radius 2 is 1.59 bits per heavy atom. The summed E-state index contributed by atoms with van der Waals surface area (Å²) < 4.78 is 97.3. The van der Waals surface area contributed by atoms with Gasteiger partial charge in [0.15, 0.2) is 0 Å². The lowest BCUT2D eigenvalue weighted by Gasteiger charge is -2.42. The lowest BCUT2D eigenvalue weighted by Crippen LogP contribution is -2.48. The summed E-state index contributed by atoms with van der Waals surface area (Å²) >= 11 is 0. The molecule has 2 aromatic rings. The number of carbonyl (C=O) groups is 3. The van der Waals surface area contributed by atoms with Crippen LogP contribution in [0.2, 0.25) is 0 Å². The molecule has 1 heterocycles. The van der Waals surface area contributed by atoms with Crippen LogP contribution >= 0.6 is 0 Å². The molecule has 46 heavy (non-hydrogen) atoms. The van der Waals surface area contributed by atoms with E-state index in [2.05, 4.69) is 5.32 Å². The first kappa shape index (κ1) is 36.3. The molecule has 0 bridgehead atoms. The summed E-state index contributed by atoms with van der Waals surface area (Å²) in [6.07, 6.45) is -12.0. The molecule has 2 aromatic carbocycles. The molecule has 0 aliphatic carbocycles. The molecular formula is C30H36F6N4O6. The highest BCUT2D eigenvalue weighted by Crippen LogP contribution is 2.45. The van der Waals surface area contributed by atoms with Crippen molar-refractivity contribution < 1.29 is 54.9 Å². The first-order valence-electron chi connectivity index (χ1n) is 14.2. The summed E-state index contributed by atoms with van der Waals surface area (Å²) in [4.78, 5) is 43.6. The number of methoxy groups -OCH3 is 2. The summed E-state index contributed by atoms with van der Waals surface area (Å²) in [6.45, 7) is 3.31. The predicted octanol–water partition coefficient (Wildman–Crippen LogP) is 6.09. The normalized spacial score (nSPS) is 16.5. The van der Waals surface area contributed by atoms with Crippen molar-refractivity contribution in [3.05, 3.63) is 58.1 Å². The molecule has 3 rings (SSSR count). The highest BCUT2D eigenvalue weighted by molar-refractivity contribution is 6.00. The van der Waals surface area contributed by atoms with Gasteiger partial charge in [-0.15, -0.1) is 0 Å². The van der Waals surface area contributed by atoms with E-state index in [-0.39, 0.29) is 48.2 Å². The van der Waals surface area contributed by atoms with Gasteiger partial charge < -0.3 is 24.4 Å². The number of ether oxygens (including phenoxy) is 3. The molecule has 0 saturated heterocycles. The second kappa shape index (κ2) is 14.5. The van der Waals surface area contributed by atoms with Crippen LogP contribution in [-0.4, -0.2) is 81.9 Å². The highest BCUT2D eigenvalue weighted by atomic mass is 19.4. The number of amides is 3. The van der Waals surface area contributed by atoms with Gasteiger partial charge in [0.25, 0.3) is 5.91 Å². The molecule has 0 spiro atoms. The quantitative estimate of drug-likeness (QED) is 0.325. The third-order valence-electron chi connectivity index (χ3n) is 7.31. The van der Waals surface area contributed by atoms with Crippen LogP contribution in [0.1, 0.15) is 58.9 Å². The van der Waals surface area contributed by atoms with E-state index in [9.17, 15) is 40.7 Å². The number of hydrogen-bond acceptors (Lipinski definition) is 7. The maximum absolute atomic E-state index is 13.6. The topological polar surface area (TPSA) is 101 Å². The molecule has 16 heteroatoms. The summed E-state index contributed by atoms with van der Waals surface area (Å²) in [7, 11) is 5.95. The minimum atomic E-state index is -5.10. The molecule has 10 nitrogen and oxygen atoms in total. The van der Waals surface area contributed by atoms with Gasteiger partial charge in [-0.1, -0.05) is 0 Å². The molecule has 1 aliphatic rings. The minimum absolute atomic E-state index is 0.00281. The zero-order chi connectivity index (χ0) is 34.6. The molecule has 0 radical (unpaired) electrons. The third kappa shape index (κ3) is 8.33. The van der Waals surface area contributed by atoms with Crippen molar-refractivity contribution in [2.45, 2.75) is 51.2 Å². The second-order valence-electron chi connectivity index (χ2n) is 10.9. The van der Waals surface area contributed by atoms with Crippen LogP contribution in [0.25, 0.3) is 0 Å². The number of carbonyl (C=O) groups excluding carboxylic acids is 3. The van der Waals surface area contributed by atoms with Gasteiger partial charge in [0.05, 0.1) is 49.2 Å². The first-order chi connectivity index (χ1) is 21.4. The van der Waals surface area contributed by atoms with Crippen molar-refractivity contribution in [2.75, 3.05) is 52.9 Å². The summed E-state index contributed by atoms with van der Waals surface area (Å²) in [5, 5.41) is 2.76. The lowest BCUT2D eigenvalue weighted by molar-refractivity contribution is -0.143. The molecule has 0 aromatic heterocycles. The Kier molecular flexibility index (Phi) is 11.4. The van der Waals surface area contributed by atoms with Gasteiger partial charge in [-0.3, -0.25) is 14.6 Å². The van der Waals surface area contributed by atoms with Gasteiger partial charge in [0.2, 0.25) is 0 Å². The zero-order valence-electron chi connectivity index (χ0n) is 26.1. The monoisotopic (exact) mass is 662 g/mol. The van der Waals surface area contributed by atoms with E-state index in [1.807, 2.05) is 19.0 Å². The third-order valence-corrected chi connectivity index (χ3v) is 7.31. The molecule has 254 valence electrons. The number of fused-ring (bicyclic) bond motifs is 1. The van der Waals surface area contributed by atoms with Crippen molar-refractivity contribution >= 4 is 23.8 Å². The maximum Gasteiger partial charge on any atom is 0.416 e. The van der Waals surface area contributed by atoms with Crippen molar-refractivity contribution in [1.82, 2.24) is 15.1 Å². The van der Waals surface area contributed by atoms with Crippen LogP contribution < -0.4 is 15.0 Å². The Morgan fingerprint density at radius 1 is 0.978 bits per heavy atom. The van der Waals surface area contributed by atoms with Crippen LogP contribution in [0.3, 0.4) is 0 Å². The number of benzene rings is 2. The second-order valence-corrected chi connectivity index (χ2v) is 10.9. The molecule has 2 atom stereocenters. The van der Waals surface area contributed by atoms with Gasteiger partial charge >= 0.3 is 24.5 Å². The van der Waals surface area contributed by atoms with E-state index in [4.69, 9.17) is 14.2 Å². The van der Waals surface area contributed by atoms with Gasteiger partial charge in [-0.05, 0) is 70.3 Å². The van der Waals surface area contributed by atoms with Crippen molar-refractivity contribution in [3.8, 4) is 5.75 Å². The van der Waals surface area contributed by atoms with E-state index < -0.39 is 65.8 Å². The molecule has 0 saturated carbocycles. The van der Waals surface area contributed by atoms with E-state index >= 15 is 0 Å². The average Bonchev–Trinajstić information content (AvgIpc) is 2.97. The smallest absolute Gasteiger partial charge is 0.416 e. The Balaban J connectivity index is 2.21. The Labute approximate surface area is 262 Å². The lowest BCUT2D eigenvalue weighted by atomic mass is 9.89. The summed E-state index contributed by atoms with van der Waals surface area (Å²) in [6, 6.07) is 2.08. The van der Waals surface area contributed by atoms with Gasteiger partial charge in [-0.2, -0.15) is 26.3 Å². The highest BCUT2D eigenvalue weighted by Gasteiger charge is 2.42. The van der Waals surface area contributed by atoms with Crippen LogP contribution in [0.5, 0.6) is 5.75 Å². The molecule has 0 unspecified atom stereocenters. The Morgan fingerprint density at radius 3 is 2.09 bits per heavy atom. The fourth-order valence-electron chi connectivity index (χ4n) is 5.18. The Bertz CT molecular complexity index is 1400. The number of hydrogen-bond donors (Lipinski definition) is 1. The molecule has 3 amide bonds. The number of halogens is 6. The standard InChI is InChI=1S/C30H36F6N4O6/c1-7-46-28(43)40-17(2)10-23(21-15-25(44-5)22(14-24(21)40)26(41)37-8-9-38(3)4)39(27(42)45-6)16-18-11-19(29(31,32)33)13-20(12-18)30(34,35)36/h11-15,17,23H,7-10,16H2,1-6H3,(H,37,41)/t17-,23+/m1/s1. The van der Waals surface area contributed by atoms with Crippen LogP contribution in [0, 0.1) is 0 Å². The van der Waals surface area contributed by atoms with Crippen molar-refractivity contribution in [1.29, 1.82) is 0 Å². The zero-order valence-corrected chi connectivity index (χ0v) is 26.1. The van der Waals surface area contributed by atoms with Gasteiger partial charge in [0, 0.05) is 31.2 Å². The van der Waals surface area contributed by atoms with Crippen LogP contribution in [-0.2, 0) is 28.4 Å². The fraction of sp³-hybridized carbons (Fsp3) is 0.500. The molecule has 1 N–H and O–H groups in total. The molecule has 0 fully saturated rings. The minimum Gasteiger partial charge on any atom is -0.496 e. The van der Waals surface area contributed by atoms with E-state index in [1.165, 1.54) is 24.1 Å². The number of nitrogens with zero attached hydrogens (tertiary/aromatic N) is 3. The first-order valence-corrected chi connectivity index (χ1v) is 14.2. The number of rotatable bonds is 9. The van der Waals surface area contributed by atoms with E-state index in [0.717, 1.165) is 12.0 Å². The van der Waals surface area contributed by atoms with Crippen molar-refractivity contribution in [3.63, 3.8) is 0 Å². The maximum atomic E-state index is 13.6. The van der Waals surface area contributed by atoms with Gasteiger partial charge in [-0.25, -0.2) is 9.59 Å². The molecular weight excluding hydrogens is 626 g/mol. The molecule has 1 aliphatic heterocycles. The summed E-state index contributed by atoms with van der Waals surface area (Å²) in [5.74, 6) is -0.485. The number of anilines is 1. The van der Waals surface area contributed by atoms with Crippen LogP contribution in [0.4, 0.5) is 41.6 Å². The predicted molar refractivity (Wildman–Crippen MR) is 155 cm³/mol. The number of alkyl halides is 6. The SMILES string of the molecule is CCOC(=O)N1c2cc(C(=O)NCCN(C)C)c(OC)cc2[C@@H](N(Cc2cc(C(F)(F)F)cc(C(F)(F)F)c2)C(=O)OC)C[C@H]1C.